The molecule has 0 saturated carbocycles. The van der Waals surface area contributed by atoms with Crippen LogP contribution in [0.15, 0.2) is 18.2 Å². The molecular formula is C20H24N4O4. The number of amides is 4. The minimum atomic E-state index is -0.931. The third kappa shape index (κ3) is 3.12. The highest BCUT2D eigenvalue weighted by Crippen LogP contribution is 2.31. The molecular weight excluding hydrogens is 360 g/mol. The Labute approximate surface area is 163 Å². The van der Waals surface area contributed by atoms with Crippen molar-refractivity contribution in [2.75, 3.05) is 19.6 Å². The lowest BCUT2D eigenvalue weighted by Gasteiger charge is -2.28. The molecule has 0 spiro atoms. The number of imide groups is 2. The monoisotopic (exact) mass is 384 g/mol. The molecule has 8 heteroatoms. The van der Waals surface area contributed by atoms with Crippen LogP contribution in [0.4, 0.5) is 0 Å². The number of piperidine rings is 1. The molecule has 0 bridgehead atoms. The van der Waals surface area contributed by atoms with Crippen molar-refractivity contribution in [2.24, 2.45) is 0 Å². The Hall–Kier alpha value is -2.58. The molecule has 3 aliphatic rings. The minimum Gasteiger partial charge on any atom is -0.315 e. The number of nitrogens with one attached hydrogen (secondary N) is 2. The van der Waals surface area contributed by atoms with E-state index in [4.69, 9.17) is 0 Å². The van der Waals surface area contributed by atoms with E-state index < -0.39 is 23.8 Å². The summed E-state index contributed by atoms with van der Waals surface area (Å²) >= 11 is 0. The molecule has 28 heavy (non-hydrogen) atoms. The van der Waals surface area contributed by atoms with Gasteiger partial charge in [-0.15, -0.1) is 0 Å². The van der Waals surface area contributed by atoms with Gasteiger partial charge in [0, 0.05) is 25.6 Å². The summed E-state index contributed by atoms with van der Waals surface area (Å²) < 4.78 is 0. The Morgan fingerprint density at radius 2 is 1.96 bits per heavy atom. The predicted octanol–water partition coefficient (Wildman–Crippen LogP) is 0.272. The Morgan fingerprint density at radius 1 is 1.14 bits per heavy atom. The van der Waals surface area contributed by atoms with E-state index in [1.54, 1.807) is 12.1 Å². The van der Waals surface area contributed by atoms with E-state index in [0.29, 0.717) is 23.7 Å². The van der Waals surface area contributed by atoms with E-state index >= 15 is 0 Å². The second-order valence-electron chi connectivity index (χ2n) is 7.50. The van der Waals surface area contributed by atoms with Crippen molar-refractivity contribution in [1.29, 1.82) is 0 Å². The first-order chi connectivity index (χ1) is 13.5. The van der Waals surface area contributed by atoms with Crippen molar-refractivity contribution >= 4 is 23.6 Å². The molecule has 2 atom stereocenters. The maximum absolute atomic E-state index is 13.2. The van der Waals surface area contributed by atoms with Gasteiger partial charge < -0.3 is 5.32 Å². The number of benzene rings is 1. The van der Waals surface area contributed by atoms with Crippen LogP contribution in [0.5, 0.6) is 0 Å². The maximum Gasteiger partial charge on any atom is 0.262 e. The third-order valence-electron chi connectivity index (χ3n) is 5.88. The van der Waals surface area contributed by atoms with Gasteiger partial charge in [-0.25, -0.2) is 0 Å². The van der Waals surface area contributed by atoms with Crippen molar-refractivity contribution in [2.45, 2.75) is 44.8 Å². The summed E-state index contributed by atoms with van der Waals surface area (Å²) in [7, 11) is 0. The Bertz CT molecular complexity index is 847. The molecule has 2 saturated heterocycles. The van der Waals surface area contributed by atoms with E-state index in [0.717, 1.165) is 36.5 Å². The van der Waals surface area contributed by atoms with E-state index in [2.05, 4.69) is 22.5 Å². The van der Waals surface area contributed by atoms with Gasteiger partial charge in [-0.2, -0.15) is 0 Å². The summed E-state index contributed by atoms with van der Waals surface area (Å²) in [5.74, 6) is -1.85. The van der Waals surface area contributed by atoms with Gasteiger partial charge in [-0.1, -0.05) is 19.1 Å². The molecule has 0 aromatic heterocycles. The zero-order valence-electron chi connectivity index (χ0n) is 15.9. The lowest BCUT2D eigenvalue weighted by Crippen LogP contribution is -2.54. The Balaban J connectivity index is 1.62. The summed E-state index contributed by atoms with van der Waals surface area (Å²) in [6, 6.07) is 4.77. The van der Waals surface area contributed by atoms with Gasteiger partial charge in [0.1, 0.15) is 6.04 Å². The number of hydrogen-bond acceptors (Lipinski definition) is 6. The first-order valence-corrected chi connectivity index (χ1v) is 9.79. The zero-order chi connectivity index (χ0) is 19.8. The van der Waals surface area contributed by atoms with Crippen molar-refractivity contribution < 1.29 is 19.2 Å². The van der Waals surface area contributed by atoms with E-state index in [1.807, 2.05) is 6.07 Å². The topological polar surface area (TPSA) is 98.8 Å². The van der Waals surface area contributed by atoms with Gasteiger partial charge in [0.2, 0.25) is 11.8 Å². The lowest BCUT2D eigenvalue weighted by molar-refractivity contribution is -0.136. The van der Waals surface area contributed by atoms with Crippen LogP contribution in [-0.2, 0) is 16.1 Å². The highest BCUT2D eigenvalue weighted by Gasteiger charge is 2.45. The largest absolute Gasteiger partial charge is 0.315 e. The smallest absolute Gasteiger partial charge is 0.262 e. The Kier molecular flexibility index (Phi) is 4.99. The van der Waals surface area contributed by atoms with Gasteiger partial charge in [0.25, 0.3) is 11.8 Å². The number of nitrogens with zero attached hydrogens (tertiary/aromatic N) is 2. The third-order valence-corrected chi connectivity index (χ3v) is 5.88. The fourth-order valence-corrected chi connectivity index (χ4v) is 4.39. The molecule has 8 nitrogen and oxygen atoms in total. The van der Waals surface area contributed by atoms with Crippen LogP contribution in [0.3, 0.4) is 0 Å². The number of hydrogen-bond donors (Lipinski definition) is 2. The van der Waals surface area contributed by atoms with E-state index in [-0.39, 0.29) is 18.7 Å². The molecule has 4 rings (SSSR count). The van der Waals surface area contributed by atoms with Gasteiger partial charge in [0.15, 0.2) is 0 Å². The van der Waals surface area contributed by atoms with Crippen LogP contribution < -0.4 is 10.6 Å². The molecule has 2 N–H and O–H groups in total. The van der Waals surface area contributed by atoms with Crippen LogP contribution in [0.2, 0.25) is 0 Å². The maximum atomic E-state index is 13.2. The number of carbonyl (C=O) groups is 4. The molecule has 148 valence electrons. The first-order valence-electron chi connectivity index (χ1n) is 9.79. The van der Waals surface area contributed by atoms with Gasteiger partial charge >= 0.3 is 0 Å². The second kappa shape index (κ2) is 7.44. The van der Waals surface area contributed by atoms with Crippen LogP contribution in [0.1, 0.15) is 52.5 Å². The molecule has 4 amide bonds. The van der Waals surface area contributed by atoms with Crippen molar-refractivity contribution in [3.63, 3.8) is 0 Å². The number of carbonyl (C=O) groups excluding carboxylic acids is 4. The van der Waals surface area contributed by atoms with Crippen molar-refractivity contribution in [3.8, 4) is 0 Å². The van der Waals surface area contributed by atoms with Gasteiger partial charge in [0.05, 0.1) is 11.1 Å². The summed E-state index contributed by atoms with van der Waals surface area (Å²) in [5.41, 5.74) is 1.54. The quantitative estimate of drug-likeness (QED) is 0.707. The molecule has 2 unspecified atom stereocenters. The average Bonchev–Trinajstić information content (AvgIpc) is 3.29. The summed E-state index contributed by atoms with van der Waals surface area (Å²) in [4.78, 5) is 53.0. The normalized spacial score (nSPS) is 24.9. The molecule has 0 aliphatic carbocycles. The predicted molar refractivity (Wildman–Crippen MR) is 100 cm³/mol. The molecule has 3 aliphatic heterocycles. The average molecular weight is 384 g/mol. The van der Waals surface area contributed by atoms with Crippen molar-refractivity contribution in [3.05, 3.63) is 34.9 Å². The van der Waals surface area contributed by atoms with Crippen LogP contribution in [0.25, 0.3) is 0 Å². The Morgan fingerprint density at radius 3 is 2.64 bits per heavy atom. The molecule has 0 radical (unpaired) electrons. The van der Waals surface area contributed by atoms with Gasteiger partial charge in [-0.3, -0.25) is 34.3 Å². The zero-order valence-corrected chi connectivity index (χ0v) is 15.9. The summed E-state index contributed by atoms with van der Waals surface area (Å²) in [5, 5.41) is 5.58. The van der Waals surface area contributed by atoms with E-state index in [9.17, 15) is 19.2 Å². The second-order valence-corrected chi connectivity index (χ2v) is 7.50. The molecule has 3 heterocycles. The fraction of sp³-hybridized carbons (Fsp3) is 0.500. The van der Waals surface area contributed by atoms with Crippen LogP contribution >= 0.6 is 0 Å². The SMILES string of the molecule is CCN(Cc1cccc2c1C(=O)N(C1CCC(=O)NC1=O)C2=O)C1CCNC1. The fourth-order valence-electron chi connectivity index (χ4n) is 4.39. The number of likely N-dealkylation sites (N-methyl/N-ethyl adjacent to an activating group) is 1. The molecule has 1 aromatic rings. The summed E-state index contributed by atoms with van der Waals surface area (Å²) in [6.45, 7) is 5.40. The lowest BCUT2D eigenvalue weighted by atomic mass is 10.0. The number of rotatable bonds is 5. The van der Waals surface area contributed by atoms with Crippen LogP contribution in [0, 0.1) is 0 Å². The highest BCUT2D eigenvalue weighted by molar-refractivity contribution is 6.24. The molecule has 2 fully saturated rings. The first kappa shape index (κ1) is 18.8. The highest BCUT2D eigenvalue weighted by atomic mass is 16.2. The number of fused-ring (bicyclic) bond motifs is 1. The van der Waals surface area contributed by atoms with Crippen LogP contribution in [-0.4, -0.2) is 65.1 Å². The summed E-state index contributed by atoms with van der Waals surface area (Å²) in [6.07, 6.45) is 1.34. The van der Waals surface area contributed by atoms with Gasteiger partial charge in [-0.05, 0) is 37.6 Å². The standard InChI is InChI=1S/C20H24N4O4/c1-2-23(13-8-9-21-10-13)11-12-4-3-5-14-17(12)20(28)24(19(14)27)15-6-7-16(25)22-18(15)26/h3-5,13,15,21H,2,6-11H2,1H3,(H,22,25,26). The molecule has 1 aromatic carbocycles. The van der Waals surface area contributed by atoms with E-state index in [1.165, 1.54) is 0 Å². The van der Waals surface area contributed by atoms with Crippen molar-refractivity contribution in [1.82, 2.24) is 20.4 Å². The minimum absolute atomic E-state index is 0.120.